The molecule has 2 rings (SSSR count). The van der Waals surface area contributed by atoms with Gasteiger partial charge in [-0.25, -0.2) is 0 Å². The molecule has 0 unspecified atom stereocenters. The third kappa shape index (κ3) is 1.56. The SMILES string of the molecule is C=C(C)[C@@H]1C[C@H](O)[C@]2(C)CC=CC[C@]2(O)C1. The maximum atomic E-state index is 10.8. The third-order valence-corrected chi connectivity index (χ3v) is 4.75. The normalized spacial score (nSPS) is 47.5. The highest BCUT2D eigenvalue weighted by molar-refractivity contribution is 5.17. The van der Waals surface area contributed by atoms with Crippen molar-refractivity contribution >= 4 is 0 Å². The zero-order chi connectivity index (χ0) is 12.0. The topological polar surface area (TPSA) is 40.5 Å². The molecule has 4 atom stereocenters. The molecule has 90 valence electrons. The number of allylic oxidation sites excluding steroid dienone is 2. The second-order valence-electron chi connectivity index (χ2n) is 5.83. The zero-order valence-electron chi connectivity index (χ0n) is 10.2. The van der Waals surface area contributed by atoms with E-state index in [2.05, 4.69) is 12.7 Å². The van der Waals surface area contributed by atoms with Crippen molar-refractivity contribution < 1.29 is 10.2 Å². The quantitative estimate of drug-likeness (QED) is 0.669. The van der Waals surface area contributed by atoms with Crippen LogP contribution in [0.5, 0.6) is 0 Å². The van der Waals surface area contributed by atoms with Gasteiger partial charge in [0.05, 0.1) is 11.7 Å². The van der Waals surface area contributed by atoms with E-state index in [0.717, 1.165) is 24.8 Å². The Morgan fingerprint density at radius 3 is 2.62 bits per heavy atom. The molecule has 0 aromatic rings. The Kier molecular flexibility index (Phi) is 2.75. The highest BCUT2D eigenvalue weighted by atomic mass is 16.3. The van der Waals surface area contributed by atoms with Crippen LogP contribution in [0.25, 0.3) is 0 Å². The Labute approximate surface area is 97.7 Å². The van der Waals surface area contributed by atoms with Crippen LogP contribution in [0.1, 0.15) is 39.5 Å². The zero-order valence-corrected chi connectivity index (χ0v) is 10.2. The fourth-order valence-corrected chi connectivity index (χ4v) is 3.19. The van der Waals surface area contributed by atoms with Crippen molar-refractivity contribution in [3.63, 3.8) is 0 Å². The molecule has 2 heteroatoms. The molecule has 0 aromatic heterocycles. The summed E-state index contributed by atoms with van der Waals surface area (Å²) in [5.74, 6) is 0.250. The predicted molar refractivity (Wildman–Crippen MR) is 65.0 cm³/mol. The lowest BCUT2D eigenvalue weighted by Gasteiger charge is -2.55. The Hall–Kier alpha value is -0.600. The third-order valence-electron chi connectivity index (χ3n) is 4.75. The first-order chi connectivity index (χ1) is 7.39. The van der Waals surface area contributed by atoms with Gasteiger partial charge in [0.25, 0.3) is 0 Å². The molecule has 0 aliphatic heterocycles. The lowest BCUT2D eigenvalue weighted by atomic mass is 9.55. The predicted octanol–water partition coefficient (Wildman–Crippen LogP) is 2.42. The van der Waals surface area contributed by atoms with E-state index in [4.69, 9.17) is 0 Å². The summed E-state index contributed by atoms with van der Waals surface area (Å²) in [6, 6.07) is 0. The molecule has 0 saturated heterocycles. The van der Waals surface area contributed by atoms with Crippen LogP contribution in [0.4, 0.5) is 0 Å². The lowest BCUT2D eigenvalue weighted by Crippen LogP contribution is -2.58. The maximum Gasteiger partial charge on any atom is 0.0768 e. The average Bonchev–Trinajstić information content (AvgIpc) is 2.20. The van der Waals surface area contributed by atoms with Crippen LogP contribution in [0.2, 0.25) is 0 Å². The molecule has 0 heterocycles. The van der Waals surface area contributed by atoms with E-state index in [-0.39, 0.29) is 11.3 Å². The van der Waals surface area contributed by atoms with Crippen LogP contribution in [0, 0.1) is 11.3 Å². The van der Waals surface area contributed by atoms with E-state index in [1.807, 2.05) is 19.9 Å². The van der Waals surface area contributed by atoms with Crippen molar-refractivity contribution in [3.8, 4) is 0 Å². The summed E-state index contributed by atoms with van der Waals surface area (Å²) in [5.41, 5.74) is -0.0689. The van der Waals surface area contributed by atoms with Crippen molar-refractivity contribution in [2.45, 2.75) is 51.2 Å². The van der Waals surface area contributed by atoms with Crippen molar-refractivity contribution in [2.75, 3.05) is 0 Å². The van der Waals surface area contributed by atoms with E-state index >= 15 is 0 Å². The number of rotatable bonds is 1. The molecule has 2 aliphatic carbocycles. The molecule has 2 aliphatic rings. The van der Waals surface area contributed by atoms with Crippen molar-refractivity contribution in [3.05, 3.63) is 24.3 Å². The van der Waals surface area contributed by atoms with E-state index < -0.39 is 11.7 Å². The second kappa shape index (κ2) is 3.71. The molecule has 0 spiro atoms. The second-order valence-corrected chi connectivity index (χ2v) is 5.83. The van der Waals surface area contributed by atoms with Gasteiger partial charge in [-0.3, -0.25) is 0 Å². The van der Waals surface area contributed by atoms with E-state index in [1.54, 1.807) is 0 Å². The molecule has 0 bridgehead atoms. The minimum Gasteiger partial charge on any atom is -0.392 e. The molecule has 2 nitrogen and oxygen atoms in total. The molecule has 1 saturated carbocycles. The molecule has 1 fully saturated rings. The molecule has 0 amide bonds. The fourth-order valence-electron chi connectivity index (χ4n) is 3.19. The Bertz CT molecular complexity index is 334. The van der Waals surface area contributed by atoms with Gasteiger partial charge in [-0.05, 0) is 38.5 Å². The Balaban J connectivity index is 2.32. The number of aliphatic hydroxyl groups excluding tert-OH is 1. The van der Waals surface area contributed by atoms with E-state index in [0.29, 0.717) is 6.42 Å². The van der Waals surface area contributed by atoms with Gasteiger partial charge in [-0.2, -0.15) is 0 Å². The fraction of sp³-hybridized carbons (Fsp3) is 0.714. The first kappa shape index (κ1) is 11.9. The van der Waals surface area contributed by atoms with Crippen molar-refractivity contribution in [1.82, 2.24) is 0 Å². The van der Waals surface area contributed by atoms with Crippen LogP contribution < -0.4 is 0 Å². The van der Waals surface area contributed by atoms with Gasteiger partial charge in [-0.15, -0.1) is 0 Å². The van der Waals surface area contributed by atoms with E-state index in [9.17, 15) is 10.2 Å². The van der Waals surface area contributed by atoms with Gasteiger partial charge in [0.1, 0.15) is 0 Å². The van der Waals surface area contributed by atoms with Crippen LogP contribution >= 0.6 is 0 Å². The molecule has 16 heavy (non-hydrogen) atoms. The first-order valence-electron chi connectivity index (χ1n) is 6.10. The molecular formula is C14H22O2. The monoisotopic (exact) mass is 222 g/mol. The Morgan fingerprint density at radius 2 is 2.00 bits per heavy atom. The first-order valence-corrected chi connectivity index (χ1v) is 6.10. The summed E-state index contributed by atoms with van der Waals surface area (Å²) < 4.78 is 0. The largest absolute Gasteiger partial charge is 0.392 e. The van der Waals surface area contributed by atoms with Gasteiger partial charge in [0.15, 0.2) is 0 Å². The molecule has 0 aromatic carbocycles. The highest BCUT2D eigenvalue weighted by Crippen LogP contribution is 2.53. The smallest absolute Gasteiger partial charge is 0.0768 e. The summed E-state index contributed by atoms with van der Waals surface area (Å²) in [5, 5.41) is 21.1. The molecular weight excluding hydrogens is 200 g/mol. The molecule has 0 radical (unpaired) electrons. The van der Waals surface area contributed by atoms with Gasteiger partial charge in [-0.1, -0.05) is 31.2 Å². The number of hydrogen-bond acceptors (Lipinski definition) is 2. The number of fused-ring (bicyclic) bond motifs is 1. The minimum absolute atomic E-state index is 0.250. The van der Waals surface area contributed by atoms with Crippen LogP contribution in [0.3, 0.4) is 0 Å². The van der Waals surface area contributed by atoms with Gasteiger partial charge >= 0.3 is 0 Å². The Morgan fingerprint density at radius 1 is 1.38 bits per heavy atom. The maximum absolute atomic E-state index is 10.8. The van der Waals surface area contributed by atoms with Gasteiger partial charge in [0.2, 0.25) is 0 Å². The number of aliphatic hydroxyl groups is 2. The van der Waals surface area contributed by atoms with E-state index in [1.165, 1.54) is 0 Å². The average molecular weight is 222 g/mol. The van der Waals surface area contributed by atoms with Crippen LogP contribution in [0.15, 0.2) is 24.3 Å². The number of hydrogen-bond donors (Lipinski definition) is 2. The van der Waals surface area contributed by atoms with Gasteiger partial charge < -0.3 is 10.2 Å². The molecule has 2 N–H and O–H groups in total. The highest BCUT2D eigenvalue weighted by Gasteiger charge is 2.55. The summed E-state index contributed by atoms with van der Waals surface area (Å²) in [6.45, 7) is 7.96. The summed E-state index contributed by atoms with van der Waals surface area (Å²) in [6.07, 6.45) is 6.59. The summed E-state index contributed by atoms with van der Waals surface area (Å²) >= 11 is 0. The van der Waals surface area contributed by atoms with Crippen molar-refractivity contribution in [1.29, 1.82) is 0 Å². The lowest BCUT2D eigenvalue weighted by molar-refractivity contribution is -0.174. The minimum atomic E-state index is -0.761. The van der Waals surface area contributed by atoms with Crippen LogP contribution in [-0.2, 0) is 0 Å². The van der Waals surface area contributed by atoms with Crippen LogP contribution in [-0.4, -0.2) is 21.9 Å². The standard InChI is InChI=1S/C14H22O2/c1-10(2)11-8-12(15)13(3)6-4-5-7-14(13,16)9-11/h4-5,11-12,15-16H,1,6-9H2,2-3H3/t11-,12+,13+,14+/m1/s1. The van der Waals surface area contributed by atoms with Crippen molar-refractivity contribution in [2.24, 2.45) is 11.3 Å². The van der Waals surface area contributed by atoms with Gasteiger partial charge in [0, 0.05) is 5.41 Å². The summed E-state index contributed by atoms with van der Waals surface area (Å²) in [7, 11) is 0. The summed E-state index contributed by atoms with van der Waals surface area (Å²) in [4.78, 5) is 0.